The summed E-state index contributed by atoms with van der Waals surface area (Å²) in [5.74, 6) is -1.70. The van der Waals surface area contributed by atoms with Crippen LogP contribution < -0.4 is 5.32 Å². The second-order valence-electron chi connectivity index (χ2n) is 7.38. The van der Waals surface area contributed by atoms with Crippen molar-refractivity contribution in [3.63, 3.8) is 0 Å². The Balaban J connectivity index is 0.000000267. The second-order valence-corrected chi connectivity index (χ2v) is 7.38. The Morgan fingerprint density at radius 3 is 1.56 bits per heavy atom. The van der Waals surface area contributed by atoms with Gasteiger partial charge in [0, 0.05) is 72.6 Å². The normalized spacial score (nSPS) is 18.0. The van der Waals surface area contributed by atoms with Crippen LogP contribution in [0.3, 0.4) is 0 Å². The summed E-state index contributed by atoms with van der Waals surface area (Å²) in [5.41, 5.74) is 0. The zero-order valence-corrected chi connectivity index (χ0v) is 18.6. The summed E-state index contributed by atoms with van der Waals surface area (Å²) in [5, 5.41) is 11.6. The molecule has 0 bridgehead atoms. The van der Waals surface area contributed by atoms with Gasteiger partial charge < -0.3 is 29.9 Å². The fraction of sp³-hybridized carbons (Fsp3) is 0.700. The SMILES string of the molecule is CC(=O)N1CCN(C(=O)CCC(=O)O)CC1.CC(=O)N1CCNCC1.O=C1CCC(=O)O1. The van der Waals surface area contributed by atoms with Crippen molar-refractivity contribution in [2.75, 3.05) is 52.4 Å². The molecule has 12 heteroatoms. The van der Waals surface area contributed by atoms with Crippen molar-refractivity contribution in [1.29, 1.82) is 0 Å². The van der Waals surface area contributed by atoms with Gasteiger partial charge >= 0.3 is 17.9 Å². The largest absolute Gasteiger partial charge is 0.481 e. The van der Waals surface area contributed by atoms with Crippen LogP contribution in [0.4, 0.5) is 0 Å². The van der Waals surface area contributed by atoms with Gasteiger partial charge in [0.1, 0.15) is 0 Å². The number of piperazine rings is 2. The zero-order chi connectivity index (χ0) is 24.1. The van der Waals surface area contributed by atoms with Gasteiger partial charge in [0.05, 0.1) is 19.3 Å². The molecule has 3 rings (SSSR count). The molecular formula is C20H32N4O8. The van der Waals surface area contributed by atoms with Crippen molar-refractivity contribution in [3.8, 4) is 0 Å². The number of carbonyl (C=O) groups is 6. The molecule has 0 unspecified atom stereocenters. The summed E-state index contributed by atoms with van der Waals surface area (Å²) < 4.78 is 4.08. The summed E-state index contributed by atoms with van der Waals surface area (Å²) in [6.45, 7) is 8.81. The number of aliphatic carboxylic acids is 1. The van der Waals surface area contributed by atoms with Crippen LogP contribution in [0.5, 0.6) is 0 Å². The minimum atomic E-state index is -0.962. The molecule has 3 amide bonds. The van der Waals surface area contributed by atoms with Crippen LogP contribution >= 0.6 is 0 Å². The Kier molecular flexibility index (Phi) is 11.9. The molecule has 0 radical (unpaired) electrons. The highest BCUT2D eigenvalue weighted by atomic mass is 16.6. The van der Waals surface area contributed by atoms with E-state index >= 15 is 0 Å². The lowest BCUT2D eigenvalue weighted by Gasteiger charge is -2.34. The van der Waals surface area contributed by atoms with Crippen LogP contribution in [0.1, 0.15) is 39.5 Å². The number of rotatable bonds is 3. The van der Waals surface area contributed by atoms with Crippen molar-refractivity contribution >= 4 is 35.6 Å². The molecule has 2 N–H and O–H groups in total. The monoisotopic (exact) mass is 456 g/mol. The maximum Gasteiger partial charge on any atom is 0.314 e. The first kappa shape index (κ1) is 27.0. The van der Waals surface area contributed by atoms with E-state index in [4.69, 9.17) is 5.11 Å². The Morgan fingerprint density at radius 2 is 1.22 bits per heavy atom. The summed E-state index contributed by atoms with van der Waals surface area (Å²) in [6, 6.07) is 0. The van der Waals surface area contributed by atoms with E-state index in [9.17, 15) is 28.8 Å². The number of hydrogen-bond acceptors (Lipinski definition) is 8. The number of esters is 2. The fourth-order valence-corrected chi connectivity index (χ4v) is 3.06. The molecule has 180 valence electrons. The summed E-state index contributed by atoms with van der Waals surface area (Å²) >= 11 is 0. The Labute approximate surface area is 186 Å². The van der Waals surface area contributed by atoms with E-state index in [0.717, 1.165) is 26.2 Å². The minimum Gasteiger partial charge on any atom is -0.481 e. The van der Waals surface area contributed by atoms with Crippen LogP contribution in [-0.4, -0.2) is 108 Å². The van der Waals surface area contributed by atoms with Crippen LogP contribution in [0.2, 0.25) is 0 Å². The lowest BCUT2D eigenvalue weighted by Crippen LogP contribution is -2.50. The summed E-state index contributed by atoms with van der Waals surface area (Å²) in [6.07, 6.45) is 0.429. The molecule has 12 nitrogen and oxygen atoms in total. The first-order chi connectivity index (χ1) is 15.1. The summed E-state index contributed by atoms with van der Waals surface area (Å²) in [7, 11) is 0. The number of amides is 3. The lowest BCUT2D eigenvalue weighted by atomic mass is 10.2. The fourth-order valence-electron chi connectivity index (χ4n) is 3.06. The predicted molar refractivity (Wildman–Crippen MR) is 111 cm³/mol. The van der Waals surface area contributed by atoms with Gasteiger partial charge in [0.25, 0.3) is 0 Å². The van der Waals surface area contributed by atoms with E-state index in [-0.39, 0.29) is 43.4 Å². The van der Waals surface area contributed by atoms with Gasteiger partial charge in [-0.25, -0.2) is 0 Å². The van der Waals surface area contributed by atoms with Gasteiger partial charge in [0.15, 0.2) is 0 Å². The van der Waals surface area contributed by atoms with E-state index in [1.807, 2.05) is 4.90 Å². The number of nitrogens with zero attached hydrogens (tertiary/aromatic N) is 3. The Hall–Kier alpha value is -3.02. The van der Waals surface area contributed by atoms with Crippen molar-refractivity contribution < 1.29 is 38.6 Å². The van der Waals surface area contributed by atoms with E-state index in [1.54, 1.807) is 16.7 Å². The van der Waals surface area contributed by atoms with Crippen molar-refractivity contribution in [3.05, 3.63) is 0 Å². The standard InChI is InChI=1S/C10H16N2O4.C6H12N2O.C4H4O3/c1-8(13)11-4-6-12(7-5-11)9(14)2-3-10(15)16;1-6(9)8-4-2-7-3-5-8;5-3-1-2-4(6)7-3/h2-7H2,1H3,(H,15,16);7H,2-5H2,1H3;1-2H2. The number of cyclic esters (lactones) is 2. The maximum absolute atomic E-state index is 11.5. The van der Waals surface area contributed by atoms with Gasteiger partial charge in [-0.15, -0.1) is 0 Å². The van der Waals surface area contributed by atoms with Crippen molar-refractivity contribution in [2.24, 2.45) is 0 Å². The van der Waals surface area contributed by atoms with E-state index in [2.05, 4.69) is 10.1 Å². The van der Waals surface area contributed by atoms with Gasteiger partial charge in [-0.2, -0.15) is 0 Å². The summed E-state index contributed by atoms with van der Waals surface area (Å²) in [4.78, 5) is 68.7. The minimum absolute atomic E-state index is 0.0117. The molecule has 3 aliphatic heterocycles. The predicted octanol–water partition coefficient (Wildman–Crippen LogP) is -1.17. The molecule has 3 saturated heterocycles. The quantitative estimate of drug-likeness (QED) is 0.395. The number of nitrogens with one attached hydrogen (secondary N) is 1. The third kappa shape index (κ3) is 10.8. The van der Waals surface area contributed by atoms with Gasteiger partial charge in [0.2, 0.25) is 17.7 Å². The Morgan fingerprint density at radius 1 is 0.781 bits per heavy atom. The van der Waals surface area contributed by atoms with Gasteiger partial charge in [-0.05, 0) is 0 Å². The van der Waals surface area contributed by atoms with E-state index in [0.29, 0.717) is 26.2 Å². The van der Waals surface area contributed by atoms with Crippen molar-refractivity contribution in [2.45, 2.75) is 39.5 Å². The highest BCUT2D eigenvalue weighted by Crippen LogP contribution is 2.05. The first-order valence-corrected chi connectivity index (χ1v) is 10.5. The Bertz CT molecular complexity index is 684. The average molecular weight is 456 g/mol. The van der Waals surface area contributed by atoms with Crippen LogP contribution in [0.15, 0.2) is 0 Å². The van der Waals surface area contributed by atoms with E-state index < -0.39 is 17.9 Å². The van der Waals surface area contributed by atoms with Crippen LogP contribution in [0, 0.1) is 0 Å². The van der Waals surface area contributed by atoms with Crippen molar-refractivity contribution in [1.82, 2.24) is 20.0 Å². The molecule has 0 saturated carbocycles. The molecule has 0 atom stereocenters. The number of carboxylic acids is 1. The topological polar surface area (TPSA) is 154 Å². The number of ether oxygens (including phenoxy) is 1. The number of carbonyl (C=O) groups excluding carboxylic acids is 5. The zero-order valence-electron chi connectivity index (χ0n) is 18.6. The molecular weight excluding hydrogens is 424 g/mol. The lowest BCUT2D eigenvalue weighted by molar-refractivity contribution is -0.152. The highest BCUT2D eigenvalue weighted by molar-refractivity contribution is 5.92. The number of carboxylic acid groups (broad SMARTS) is 1. The molecule has 3 fully saturated rings. The first-order valence-electron chi connectivity index (χ1n) is 10.5. The molecule has 3 heterocycles. The molecule has 3 aliphatic rings. The maximum atomic E-state index is 11.5. The molecule has 32 heavy (non-hydrogen) atoms. The highest BCUT2D eigenvalue weighted by Gasteiger charge is 2.22. The average Bonchev–Trinajstić information content (AvgIpc) is 3.16. The van der Waals surface area contributed by atoms with Gasteiger partial charge in [-0.1, -0.05) is 0 Å². The van der Waals surface area contributed by atoms with Crippen LogP contribution in [0.25, 0.3) is 0 Å². The van der Waals surface area contributed by atoms with Crippen LogP contribution in [-0.2, 0) is 33.5 Å². The van der Waals surface area contributed by atoms with Gasteiger partial charge in [-0.3, -0.25) is 28.8 Å². The van der Waals surface area contributed by atoms with E-state index in [1.165, 1.54) is 6.92 Å². The third-order valence-corrected chi connectivity index (χ3v) is 4.95. The molecule has 0 aromatic heterocycles. The second kappa shape index (κ2) is 14.1. The molecule has 0 aromatic rings. The molecule has 0 aliphatic carbocycles. The molecule has 0 spiro atoms. The smallest absolute Gasteiger partial charge is 0.314 e. The molecule has 0 aromatic carbocycles. The third-order valence-electron chi connectivity index (χ3n) is 4.95. The number of hydrogen-bond donors (Lipinski definition) is 2.